The Morgan fingerprint density at radius 3 is 2.68 bits per heavy atom. The number of halogens is 4. The van der Waals surface area contributed by atoms with Crippen molar-refractivity contribution in [1.29, 1.82) is 0 Å². The summed E-state index contributed by atoms with van der Waals surface area (Å²) in [4.78, 5) is 19.0. The van der Waals surface area contributed by atoms with Crippen LogP contribution in [-0.2, 0) is 0 Å². The molecule has 1 atom stereocenters. The SMILES string of the molecule is O=C(Nc1ccc(OC(F)(F)Cl)cc1)c1cnc(N2CC[C@@H](F)C2)c(-c2cnsc2)c1. The Balaban J connectivity index is 1.55. The van der Waals surface area contributed by atoms with Gasteiger partial charge in [0.1, 0.15) is 17.7 Å². The van der Waals surface area contributed by atoms with Gasteiger partial charge in [0.05, 0.1) is 12.1 Å². The second-order valence-electron chi connectivity index (χ2n) is 6.87. The fraction of sp³-hybridized carbons (Fsp3) is 0.250. The average molecular weight is 469 g/mol. The number of nitrogens with one attached hydrogen (secondary N) is 1. The molecule has 1 aromatic carbocycles. The van der Waals surface area contributed by atoms with E-state index in [0.29, 0.717) is 30.0 Å². The number of hydrogen-bond donors (Lipinski definition) is 1. The maximum atomic E-state index is 13.7. The molecule has 0 aliphatic carbocycles. The van der Waals surface area contributed by atoms with Gasteiger partial charge in [-0.25, -0.2) is 13.7 Å². The van der Waals surface area contributed by atoms with Gasteiger partial charge in [-0.2, -0.15) is 0 Å². The Kier molecular flexibility index (Phi) is 6.01. The van der Waals surface area contributed by atoms with Gasteiger partial charge in [-0.1, -0.05) is 0 Å². The summed E-state index contributed by atoms with van der Waals surface area (Å²) in [6, 6.07) is 7.02. The molecule has 0 unspecified atom stereocenters. The summed E-state index contributed by atoms with van der Waals surface area (Å²) in [6.45, 7) is 0.791. The molecule has 3 aromatic rings. The van der Waals surface area contributed by atoms with Gasteiger partial charge in [-0.05, 0) is 48.3 Å². The van der Waals surface area contributed by atoms with Gasteiger partial charge in [-0.15, -0.1) is 8.78 Å². The third-order valence-electron chi connectivity index (χ3n) is 4.65. The van der Waals surface area contributed by atoms with Gasteiger partial charge >= 0.3 is 5.57 Å². The first-order chi connectivity index (χ1) is 14.8. The summed E-state index contributed by atoms with van der Waals surface area (Å²) in [7, 11) is 0. The minimum absolute atomic E-state index is 0.145. The lowest BCUT2D eigenvalue weighted by molar-refractivity contribution is -0.0964. The standard InChI is InChI=1S/C20H16ClF3N4O2S/c21-20(23,24)30-16-3-1-15(2-4-16)27-19(29)12-7-17(13-9-26-31-11-13)18(25-8-12)28-6-5-14(22)10-28/h1-4,7-9,11,14H,5-6,10H2,(H,27,29)/t14-/m1/s1. The van der Waals surface area contributed by atoms with E-state index in [9.17, 15) is 18.0 Å². The lowest BCUT2D eigenvalue weighted by Gasteiger charge is -2.20. The van der Waals surface area contributed by atoms with Crippen molar-refractivity contribution in [2.75, 3.05) is 23.3 Å². The lowest BCUT2D eigenvalue weighted by atomic mass is 10.1. The number of aromatic nitrogens is 2. The molecule has 3 heterocycles. The summed E-state index contributed by atoms with van der Waals surface area (Å²) in [5.74, 6) is 0.0121. The number of pyridine rings is 1. The quantitative estimate of drug-likeness (QED) is 0.505. The molecule has 4 rings (SSSR count). The fourth-order valence-corrected chi connectivity index (χ4v) is 3.86. The summed E-state index contributed by atoms with van der Waals surface area (Å²) in [5, 5.41) is 4.51. The number of carbonyl (C=O) groups is 1. The molecule has 1 amide bonds. The highest BCUT2D eigenvalue weighted by Crippen LogP contribution is 2.33. The Morgan fingerprint density at radius 2 is 2.06 bits per heavy atom. The molecule has 162 valence electrons. The number of rotatable bonds is 6. The first-order valence-corrected chi connectivity index (χ1v) is 10.5. The largest absolute Gasteiger partial charge is 0.487 e. The van der Waals surface area contributed by atoms with Gasteiger partial charge in [0.15, 0.2) is 0 Å². The van der Waals surface area contributed by atoms with Crippen LogP contribution in [0, 0.1) is 0 Å². The van der Waals surface area contributed by atoms with E-state index in [2.05, 4.69) is 19.4 Å². The molecule has 1 aliphatic rings. The molecule has 0 saturated carbocycles. The normalized spacial score (nSPS) is 16.4. The van der Waals surface area contributed by atoms with Gasteiger partial charge in [-0.3, -0.25) is 4.79 Å². The molecule has 1 aliphatic heterocycles. The van der Waals surface area contributed by atoms with E-state index in [1.807, 2.05) is 10.3 Å². The van der Waals surface area contributed by atoms with Crippen molar-refractivity contribution in [3.8, 4) is 16.9 Å². The molecule has 0 spiro atoms. The molecular weight excluding hydrogens is 453 g/mol. The molecule has 1 fully saturated rings. The highest BCUT2D eigenvalue weighted by Gasteiger charge is 2.28. The summed E-state index contributed by atoms with van der Waals surface area (Å²) in [6.07, 6.45) is 2.61. The van der Waals surface area contributed by atoms with E-state index in [0.717, 1.165) is 5.56 Å². The van der Waals surface area contributed by atoms with Crippen LogP contribution in [0.2, 0.25) is 0 Å². The molecule has 0 radical (unpaired) electrons. The number of carbonyl (C=O) groups excluding carboxylic acids is 1. The number of ether oxygens (including phenoxy) is 1. The predicted octanol–water partition coefficient (Wildman–Crippen LogP) is 5.17. The minimum atomic E-state index is -3.82. The zero-order chi connectivity index (χ0) is 22.0. The van der Waals surface area contributed by atoms with Crippen molar-refractivity contribution in [2.24, 2.45) is 0 Å². The van der Waals surface area contributed by atoms with E-state index < -0.39 is 17.6 Å². The van der Waals surface area contributed by atoms with E-state index >= 15 is 0 Å². The molecule has 6 nitrogen and oxygen atoms in total. The topological polar surface area (TPSA) is 67.3 Å². The molecule has 31 heavy (non-hydrogen) atoms. The minimum Gasteiger partial charge on any atom is -0.420 e. The number of alkyl halides is 4. The summed E-state index contributed by atoms with van der Waals surface area (Å²) < 4.78 is 47.4. The number of benzene rings is 1. The van der Waals surface area contributed by atoms with Crippen LogP contribution in [0.4, 0.5) is 24.7 Å². The summed E-state index contributed by atoms with van der Waals surface area (Å²) in [5.41, 5.74) is -1.69. The zero-order valence-corrected chi connectivity index (χ0v) is 17.5. The fourth-order valence-electron chi connectivity index (χ4n) is 3.24. The Labute approximate surface area is 184 Å². The molecule has 11 heteroatoms. The Hall–Kier alpha value is -2.85. The third-order valence-corrected chi connectivity index (χ3v) is 5.31. The van der Waals surface area contributed by atoms with Crippen LogP contribution in [0.3, 0.4) is 0 Å². The van der Waals surface area contributed by atoms with Gasteiger partial charge in [0.2, 0.25) is 0 Å². The molecule has 1 N–H and O–H groups in total. The second-order valence-corrected chi connectivity index (χ2v) is 7.96. The smallest absolute Gasteiger partial charge is 0.420 e. The summed E-state index contributed by atoms with van der Waals surface area (Å²) >= 11 is 6.00. The third kappa shape index (κ3) is 5.26. The molecule has 1 saturated heterocycles. The van der Waals surface area contributed by atoms with Crippen LogP contribution < -0.4 is 15.0 Å². The van der Waals surface area contributed by atoms with E-state index in [-0.39, 0.29) is 17.9 Å². The van der Waals surface area contributed by atoms with Crippen LogP contribution in [-0.4, -0.2) is 40.1 Å². The first-order valence-electron chi connectivity index (χ1n) is 9.24. The highest BCUT2D eigenvalue weighted by atomic mass is 35.5. The van der Waals surface area contributed by atoms with E-state index in [1.54, 1.807) is 12.3 Å². The first kappa shape index (κ1) is 21.4. The van der Waals surface area contributed by atoms with Gasteiger partial charge in [0.25, 0.3) is 5.91 Å². The Morgan fingerprint density at radius 1 is 1.29 bits per heavy atom. The van der Waals surface area contributed by atoms with Crippen LogP contribution in [0.25, 0.3) is 11.1 Å². The number of amides is 1. The van der Waals surface area contributed by atoms with Crippen molar-refractivity contribution in [2.45, 2.75) is 18.2 Å². The second kappa shape index (κ2) is 8.72. The van der Waals surface area contributed by atoms with Gasteiger partial charge < -0.3 is 15.0 Å². The van der Waals surface area contributed by atoms with Crippen LogP contribution in [0.1, 0.15) is 16.8 Å². The van der Waals surface area contributed by atoms with Crippen molar-refractivity contribution in [1.82, 2.24) is 9.36 Å². The average Bonchev–Trinajstić information content (AvgIpc) is 3.40. The van der Waals surface area contributed by atoms with Crippen LogP contribution in [0.5, 0.6) is 5.75 Å². The molecule has 2 aromatic heterocycles. The lowest BCUT2D eigenvalue weighted by Crippen LogP contribution is -2.22. The maximum Gasteiger partial charge on any atom is 0.487 e. The van der Waals surface area contributed by atoms with Crippen molar-refractivity contribution in [3.05, 3.63) is 53.7 Å². The van der Waals surface area contributed by atoms with Crippen molar-refractivity contribution < 1.29 is 22.7 Å². The number of anilines is 2. The zero-order valence-electron chi connectivity index (χ0n) is 15.9. The van der Waals surface area contributed by atoms with Crippen molar-refractivity contribution in [3.63, 3.8) is 0 Å². The number of hydrogen-bond acceptors (Lipinski definition) is 6. The molecule has 0 bridgehead atoms. The maximum absolute atomic E-state index is 13.7. The van der Waals surface area contributed by atoms with E-state index in [4.69, 9.17) is 11.6 Å². The van der Waals surface area contributed by atoms with Gasteiger partial charge in [0, 0.05) is 52.7 Å². The van der Waals surface area contributed by atoms with Crippen LogP contribution in [0.15, 0.2) is 48.1 Å². The van der Waals surface area contributed by atoms with Crippen LogP contribution >= 0.6 is 23.1 Å². The molecular formula is C20H16ClF3N4O2S. The predicted molar refractivity (Wildman–Crippen MR) is 113 cm³/mol. The number of nitrogens with zero attached hydrogens (tertiary/aromatic N) is 3. The van der Waals surface area contributed by atoms with Crippen molar-refractivity contribution >= 4 is 40.5 Å². The Bertz CT molecular complexity index is 1060. The van der Waals surface area contributed by atoms with E-state index in [1.165, 1.54) is 42.0 Å². The monoisotopic (exact) mass is 468 g/mol. The highest BCUT2D eigenvalue weighted by molar-refractivity contribution is 7.03.